The van der Waals surface area contributed by atoms with Gasteiger partial charge < -0.3 is 10.6 Å². The van der Waals surface area contributed by atoms with Gasteiger partial charge in [-0.1, -0.05) is 18.2 Å². The summed E-state index contributed by atoms with van der Waals surface area (Å²) in [4.78, 5) is 24.8. The molecule has 7 nitrogen and oxygen atoms in total. The number of rotatable bonds is 5. The summed E-state index contributed by atoms with van der Waals surface area (Å²) in [5.74, 6) is -1.00. The second-order valence-electron chi connectivity index (χ2n) is 6.25. The summed E-state index contributed by atoms with van der Waals surface area (Å²) < 4.78 is 27.0. The third-order valence-electron chi connectivity index (χ3n) is 4.51. The maximum absolute atomic E-state index is 12.8. The predicted octanol–water partition coefficient (Wildman–Crippen LogP) is 2.15. The lowest BCUT2D eigenvalue weighted by atomic mass is 9.99. The van der Waals surface area contributed by atoms with Crippen LogP contribution in [0.25, 0.3) is 0 Å². The van der Waals surface area contributed by atoms with Gasteiger partial charge >= 0.3 is 0 Å². The number of sulfonamides is 1. The standard InChI is InChI=1S/C18H21N3O4S2/c1-19-17(23)15-9-11-26-18(15)20-16(22)13-6-5-10-21(12-13)27(24,25)14-7-3-2-4-8-14/h2-4,7-9,11,13H,5-6,10,12H2,1H3,(H,19,23)(H,20,22). The lowest BCUT2D eigenvalue weighted by Gasteiger charge is -2.31. The van der Waals surface area contributed by atoms with Crippen LogP contribution >= 0.6 is 11.3 Å². The molecule has 27 heavy (non-hydrogen) atoms. The lowest BCUT2D eigenvalue weighted by Crippen LogP contribution is -2.43. The molecule has 9 heteroatoms. The number of carbonyl (C=O) groups excluding carboxylic acids is 2. The van der Waals surface area contributed by atoms with Crippen molar-refractivity contribution in [1.29, 1.82) is 0 Å². The van der Waals surface area contributed by atoms with Gasteiger partial charge in [0.2, 0.25) is 15.9 Å². The van der Waals surface area contributed by atoms with Crippen molar-refractivity contribution >= 4 is 38.2 Å². The maximum Gasteiger partial charge on any atom is 0.254 e. The second-order valence-corrected chi connectivity index (χ2v) is 9.10. The summed E-state index contributed by atoms with van der Waals surface area (Å²) in [6, 6.07) is 9.87. The van der Waals surface area contributed by atoms with E-state index in [-0.39, 0.29) is 23.3 Å². The van der Waals surface area contributed by atoms with Crippen molar-refractivity contribution in [3.63, 3.8) is 0 Å². The summed E-state index contributed by atoms with van der Waals surface area (Å²) >= 11 is 1.26. The smallest absolute Gasteiger partial charge is 0.254 e. The van der Waals surface area contributed by atoms with Crippen molar-refractivity contribution in [2.45, 2.75) is 17.7 Å². The first-order chi connectivity index (χ1) is 12.9. The van der Waals surface area contributed by atoms with E-state index in [9.17, 15) is 18.0 Å². The van der Waals surface area contributed by atoms with E-state index in [4.69, 9.17) is 0 Å². The number of carbonyl (C=O) groups is 2. The van der Waals surface area contributed by atoms with Gasteiger partial charge in [-0.3, -0.25) is 9.59 Å². The van der Waals surface area contributed by atoms with E-state index >= 15 is 0 Å². The van der Waals surface area contributed by atoms with Gasteiger partial charge in [-0.2, -0.15) is 4.31 Å². The van der Waals surface area contributed by atoms with Gasteiger partial charge in [-0.25, -0.2) is 8.42 Å². The highest BCUT2D eigenvalue weighted by molar-refractivity contribution is 7.89. The second kappa shape index (κ2) is 8.20. The SMILES string of the molecule is CNC(=O)c1ccsc1NC(=O)C1CCCN(S(=O)(=O)c2ccccc2)C1. The first-order valence-electron chi connectivity index (χ1n) is 8.59. The van der Waals surface area contributed by atoms with Crippen molar-refractivity contribution < 1.29 is 18.0 Å². The van der Waals surface area contributed by atoms with Crippen LogP contribution in [0, 0.1) is 5.92 Å². The van der Waals surface area contributed by atoms with Gasteiger partial charge in [0.25, 0.3) is 5.91 Å². The number of piperidine rings is 1. The average molecular weight is 408 g/mol. The Bertz CT molecular complexity index is 925. The number of nitrogens with one attached hydrogen (secondary N) is 2. The fourth-order valence-electron chi connectivity index (χ4n) is 3.05. The molecule has 1 aliphatic heterocycles. The number of amides is 2. The Morgan fingerprint density at radius 1 is 1.19 bits per heavy atom. The first kappa shape index (κ1) is 19.5. The number of hydrogen-bond donors (Lipinski definition) is 2. The summed E-state index contributed by atoms with van der Waals surface area (Å²) in [6.07, 6.45) is 1.21. The Morgan fingerprint density at radius 2 is 1.93 bits per heavy atom. The Balaban J connectivity index is 1.72. The Labute approximate surface area is 162 Å². The third-order valence-corrected chi connectivity index (χ3v) is 7.22. The number of hydrogen-bond acceptors (Lipinski definition) is 5. The molecule has 0 saturated carbocycles. The Hall–Kier alpha value is -2.23. The number of anilines is 1. The van der Waals surface area contributed by atoms with Gasteiger partial charge in [0, 0.05) is 20.1 Å². The lowest BCUT2D eigenvalue weighted by molar-refractivity contribution is -0.120. The molecule has 0 radical (unpaired) electrons. The van der Waals surface area contributed by atoms with Crippen LogP contribution in [-0.2, 0) is 14.8 Å². The minimum atomic E-state index is -3.62. The summed E-state index contributed by atoms with van der Waals surface area (Å²) in [5, 5.41) is 7.52. The van der Waals surface area contributed by atoms with Crippen LogP contribution in [0.15, 0.2) is 46.7 Å². The molecule has 1 fully saturated rings. The van der Waals surface area contributed by atoms with Gasteiger partial charge in [0.15, 0.2) is 0 Å². The molecule has 144 valence electrons. The molecule has 1 aromatic carbocycles. The molecule has 1 aliphatic rings. The molecule has 1 saturated heterocycles. The highest BCUT2D eigenvalue weighted by Crippen LogP contribution is 2.27. The van der Waals surface area contributed by atoms with E-state index in [0.29, 0.717) is 30.0 Å². The molecule has 2 N–H and O–H groups in total. The van der Waals surface area contributed by atoms with Crippen LogP contribution in [0.1, 0.15) is 23.2 Å². The molecule has 0 aliphatic carbocycles. The summed E-state index contributed by atoms with van der Waals surface area (Å²) in [7, 11) is -2.10. The van der Waals surface area contributed by atoms with E-state index in [1.165, 1.54) is 22.7 Å². The van der Waals surface area contributed by atoms with Crippen molar-refractivity contribution in [2.24, 2.45) is 5.92 Å². The zero-order chi connectivity index (χ0) is 19.4. The first-order valence-corrected chi connectivity index (χ1v) is 10.9. The maximum atomic E-state index is 12.8. The Morgan fingerprint density at radius 3 is 2.63 bits per heavy atom. The molecule has 1 atom stereocenters. The van der Waals surface area contributed by atoms with Crippen LogP contribution in [-0.4, -0.2) is 44.7 Å². The zero-order valence-corrected chi connectivity index (χ0v) is 16.5. The monoisotopic (exact) mass is 407 g/mol. The molecular weight excluding hydrogens is 386 g/mol. The predicted molar refractivity (Wildman–Crippen MR) is 104 cm³/mol. The fourth-order valence-corrected chi connectivity index (χ4v) is 5.38. The van der Waals surface area contributed by atoms with Crippen LogP contribution in [0.5, 0.6) is 0 Å². The van der Waals surface area contributed by atoms with Crippen LogP contribution < -0.4 is 10.6 Å². The molecule has 1 aromatic heterocycles. The summed E-state index contributed by atoms with van der Waals surface area (Å²) in [6.45, 7) is 0.521. The van der Waals surface area contributed by atoms with Crippen molar-refractivity contribution in [3.05, 3.63) is 47.3 Å². The van der Waals surface area contributed by atoms with E-state index in [1.807, 2.05) is 0 Å². The van der Waals surface area contributed by atoms with Crippen molar-refractivity contribution in [2.75, 3.05) is 25.5 Å². The topological polar surface area (TPSA) is 95.6 Å². The molecule has 2 aromatic rings. The minimum Gasteiger partial charge on any atom is -0.355 e. The van der Waals surface area contributed by atoms with E-state index in [2.05, 4.69) is 10.6 Å². The average Bonchev–Trinajstić information content (AvgIpc) is 3.16. The van der Waals surface area contributed by atoms with Crippen molar-refractivity contribution in [1.82, 2.24) is 9.62 Å². The van der Waals surface area contributed by atoms with Crippen LogP contribution in [0.3, 0.4) is 0 Å². The van der Waals surface area contributed by atoms with Gasteiger partial charge in [-0.05, 0) is 36.4 Å². The van der Waals surface area contributed by atoms with Gasteiger partial charge in [-0.15, -0.1) is 11.3 Å². The quantitative estimate of drug-likeness (QED) is 0.794. The Kier molecular flexibility index (Phi) is 5.93. The highest BCUT2D eigenvalue weighted by atomic mass is 32.2. The van der Waals surface area contributed by atoms with E-state index < -0.39 is 15.9 Å². The molecule has 0 bridgehead atoms. The van der Waals surface area contributed by atoms with E-state index in [1.54, 1.807) is 41.8 Å². The van der Waals surface area contributed by atoms with Gasteiger partial charge in [0.05, 0.1) is 16.4 Å². The molecule has 1 unspecified atom stereocenters. The molecule has 2 amide bonds. The minimum absolute atomic E-state index is 0.129. The third kappa shape index (κ3) is 4.20. The normalized spacial score (nSPS) is 18.0. The molecule has 2 heterocycles. The van der Waals surface area contributed by atoms with Gasteiger partial charge in [0.1, 0.15) is 5.00 Å². The fraction of sp³-hybridized carbons (Fsp3) is 0.333. The van der Waals surface area contributed by atoms with Crippen LogP contribution in [0.4, 0.5) is 5.00 Å². The van der Waals surface area contributed by atoms with Crippen LogP contribution in [0.2, 0.25) is 0 Å². The summed E-state index contributed by atoms with van der Waals surface area (Å²) in [5.41, 5.74) is 0.403. The zero-order valence-electron chi connectivity index (χ0n) is 14.8. The van der Waals surface area contributed by atoms with Crippen molar-refractivity contribution in [3.8, 4) is 0 Å². The van der Waals surface area contributed by atoms with E-state index in [0.717, 1.165) is 0 Å². The highest BCUT2D eigenvalue weighted by Gasteiger charge is 2.33. The molecular formula is C18H21N3O4S2. The number of benzene rings is 1. The number of thiophene rings is 1. The molecule has 0 spiro atoms. The number of nitrogens with zero attached hydrogens (tertiary/aromatic N) is 1. The largest absolute Gasteiger partial charge is 0.355 e. The molecule has 3 rings (SSSR count).